The van der Waals surface area contributed by atoms with E-state index in [1.54, 1.807) is 12.1 Å². The molecule has 0 spiro atoms. The number of amides is 1. The van der Waals surface area contributed by atoms with Crippen molar-refractivity contribution in [3.63, 3.8) is 0 Å². The second kappa shape index (κ2) is 4.78. The number of piperidine rings is 1. The molecule has 1 fully saturated rings. The number of nitrogen functional groups attached to an aromatic ring is 1. The SMILES string of the molecule is CC1CCCN(C(=O)c2cccc(N)c2)C1C. The van der Waals surface area contributed by atoms with Gasteiger partial charge in [0.2, 0.25) is 0 Å². The van der Waals surface area contributed by atoms with Crippen molar-refractivity contribution in [2.45, 2.75) is 32.7 Å². The maximum absolute atomic E-state index is 12.4. The van der Waals surface area contributed by atoms with Crippen LogP contribution in [0.2, 0.25) is 0 Å². The van der Waals surface area contributed by atoms with Crippen LogP contribution in [0.1, 0.15) is 37.0 Å². The summed E-state index contributed by atoms with van der Waals surface area (Å²) in [4.78, 5) is 14.4. The first-order valence-corrected chi connectivity index (χ1v) is 6.26. The van der Waals surface area contributed by atoms with Crippen LogP contribution in [0.5, 0.6) is 0 Å². The van der Waals surface area contributed by atoms with E-state index in [1.807, 2.05) is 17.0 Å². The number of nitrogens with zero attached hydrogens (tertiary/aromatic N) is 1. The zero-order chi connectivity index (χ0) is 12.4. The van der Waals surface area contributed by atoms with E-state index < -0.39 is 0 Å². The zero-order valence-corrected chi connectivity index (χ0v) is 10.5. The lowest BCUT2D eigenvalue weighted by atomic mass is 9.91. The van der Waals surface area contributed by atoms with E-state index in [9.17, 15) is 4.79 Å². The van der Waals surface area contributed by atoms with Crippen molar-refractivity contribution >= 4 is 11.6 Å². The zero-order valence-electron chi connectivity index (χ0n) is 10.5. The van der Waals surface area contributed by atoms with Crippen molar-refractivity contribution in [1.29, 1.82) is 0 Å². The van der Waals surface area contributed by atoms with Crippen LogP contribution < -0.4 is 5.73 Å². The Morgan fingerprint density at radius 1 is 1.41 bits per heavy atom. The topological polar surface area (TPSA) is 46.3 Å². The van der Waals surface area contributed by atoms with Crippen molar-refractivity contribution in [1.82, 2.24) is 4.90 Å². The summed E-state index contributed by atoms with van der Waals surface area (Å²) < 4.78 is 0. The first kappa shape index (κ1) is 12.0. The molecule has 0 aliphatic carbocycles. The van der Waals surface area contributed by atoms with E-state index in [4.69, 9.17) is 5.73 Å². The number of carbonyl (C=O) groups is 1. The number of anilines is 1. The van der Waals surface area contributed by atoms with E-state index in [0.29, 0.717) is 23.2 Å². The average molecular weight is 232 g/mol. The minimum Gasteiger partial charge on any atom is -0.399 e. The van der Waals surface area contributed by atoms with Gasteiger partial charge in [0.1, 0.15) is 0 Å². The third-order valence-corrected chi connectivity index (χ3v) is 3.77. The summed E-state index contributed by atoms with van der Waals surface area (Å²) in [5.74, 6) is 0.685. The quantitative estimate of drug-likeness (QED) is 0.756. The molecule has 17 heavy (non-hydrogen) atoms. The fourth-order valence-corrected chi connectivity index (χ4v) is 2.46. The normalized spacial score (nSPS) is 24.7. The van der Waals surface area contributed by atoms with Gasteiger partial charge in [0, 0.05) is 23.8 Å². The van der Waals surface area contributed by atoms with Gasteiger partial charge in [-0.1, -0.05) is 13.0 Å². The highest BCUT2D eigenvalue weighted by molar-refractivity contribution is 5.95. The molecule has 1 aromatic rings. The molecule has 1 aliphatic rings. The standard InChI is InChI=1S/C14H20N2O/c1-10-5-4-8-16(11(10)2)14(17)12-6-3-7-13(15)9-12/h3,6-7,9-11H,4-5,8,15H2,1-2H3. The lowest BCUT2D eigenvalue weighted by molar-refractivity contribution is 0.0551. The van der Waals surface area contributed by atoms with Crippen molar-refractivity contribution in [2.75, 3.05) is 12.3 Å². The molecular formula is C14H20N2O. The van der Waals surface area contributed by atoms with E-state index >= 15 is 0 Å². The summed E-state index contributed by atoms with van der Waals surface area (Å²) in [6, 6.07) is 7.55. The number of nitrogens with two attached hydrogens (primary N) is 1. The van der Waals surface area contributed by atoms with Crippen molar-refractivity contribution in [2.24, 2.45) is 5.92 Å². The molecule has 2 atom stereocenters. The number of hydrogen-bond donors (Lipinski definition) is 1. The first-order chi connectivity index (χ1) is 8.09. The summed E-state index contributed by atoms with van der Waals surface area (Å²) in [7, 11) is 0. The predicted octanol–water partition coefficient (Wildman–Crippen LogP) is 2.53. The minimum atomic E-state index is 0.108. The molecule has 0 saturated carbocycles. The molecule has 0 aromatic heterocycles. The molecule has 0 radical (unpaired) electrons. The van der Waals surface area contributed by atoms with Crippen LogP contribution in [0, 0.1) is 5.92 Å². The first-order valence-electron chi connectivity index (χ1n) is 6.26. The molecule has 0 bridgehead atoms. The summed E-state index contributed by atoms with van der Waals surface area (Å²) in [6.07, 6.45) is 2.31. The summed E-state index contributed by atoms with van der Waals surface area (Å²) in [5.41, 5.74) is 7.06. The summed E-state index contributed by atoms with van der Waals surface area (Å²) >= 11 is 0. The molecular weight excluding hydrogens is 212 g/mol. The van der Waals surface area contributed by atoms with Crippen LogP contribution >= 0.6 is 0 Å². The van der Waals surface area contributed by atoms with Crippen molar-refractivity contribution in [3.05, 3.63) is 29.8 Å². The third-order valence-electron chi connectivity index (χ3n) is 3.77. The molecule has 2 unspecified atom stereocenters. The van der Waals surface area contributed by atoms with Gasteiger partial charge in [0.25, 0.3) is 5.91 Å². The van der Waals surface area contributed by atoms with Crippen LogP contribution in [-0.2, 0) is 0 Å². The van der Waals surface area contributed by atoms with Gasteiger partial charge < -0.3 is 10.6 Å². The number of carbonyl (C=O) groups excluding carboxylic acids is 1. The van der Waals surface area contributed by atoms with Gasteiger partial charge in [-0.3, -0.25) is 4.79 Å². The number of benzene rings is 1. The summed E-state index contributed by atoms with van der Waals surface area (Å²) in [5, 5.41) is 0. The fourth-order valence-electron chi connectivity index (χ4n) is 2.46. The number of rotatable bonds is 1. The maximum atomic E-state index is 12.4. The third kappa shape index (κ3) is 2.43. The molecule has 1 aliphatic heterocycles. The smallest absolute Gasteiger partial charge is 0.254 e. The van der Waals surface area contributed by atoms with E-state index in [2.05, 4.69) is 13.8 Å². The van der Waals surface area contributed by atoms with Gasteiger partial charge in [-0.15, -0.1) is 0 Å². The van der Waals surface area contributed by atoms with Gasteiger partial charge in [-0.2, -0.15) is 0 Å². The number of hydrogen-bond acceptors (Lipinski definition) is 2. The van der Waals surface area contributed by atoms with Crippen LogP contribution in [0.25, 0.3) is 0 Å². The molecule has 3 heteroatoms. The van der Waals surface area contributed by atoms with Crippen LogP contribution in [-0.4, -0.2) is 23.4 Å². The Labute approximate surface area is 103 Å². The number of likely N-dealkylation sites (tertiary alicyclic amines) is 1. The summed E-state index contributed by atoms with van der Waals surface area (Å²) in [6.45, 7) is 5.20. The molecule has 92 valence electrons. The van der Waals surface area contributed by atoms with Gasteiger partial charge in [0.05, 0.1) is 0 Å². The molecule has 3 nitrogen and oxygen atoms in total. The molecule has 1 amide bonds. The predicted molar refractivity (Wildman–Crippen MR) is 69.8 cm³/mol. The molecule has 2 rings (SSSR count). The second-order valence-electron chi connectivity index (χ2n) is 4.98. The molecule has 2 N–H and O–H groups in total. The van der Waals surface area contributed by atoms with Crippen molar-refractivity contribution in [3.8, 4) is 0 Å². The van der Waals surface area contributed by atoms with Gasteiger partial charge in [-0.25, -0.2) is 0 Å². The minimum absolute atomic E-state index is 0.108. The Balaban J connectivity index is 2.19. The van der Waals surface area contributed by atoms with Crippen LogP contribution in [0.15, 0.2) is 24.3 Å². The fraction of sp³-hybridized carbons (Fsp3) is 0.500. The molecule has 1 heterocycles. The maximum Gasteiger partial charge on any atom is 0.254 e. The van der Waals surface area contributed by atoms with E-state index in [-0.39, 0.29) is 5.91 Å². The lowest BCUT2D eigenvalue weighted by Crippen LogP contribution is -2.46. The van der Waals surface area contributed by atoms with E-state index in [0.717, 1.165) is 13.0 Å². The Morgan fingerprint density at radius 3 is 2.88 bits per heavy atom. The van der Waals surface area contributed by atoms with Crippen LogP contribution in [0.3, 0.4) is 0 Å². The average Bonchev–Trinajstić information content (AvgIpc) is 2.32. The Morgan fingerprint density at radius 2 is 2.18 bits per heavy atom. The monoisotopic (exact) mass is 232 g/mol. The van der Waals surface area contributed by atoms with Gasteiger partial charge in [-0.05, 0) is 43.9 Å². The van der Waals surface area contributed by atoms with Gasteiger partial charge >= 0.3 is 0 Å². The highest BCUT2D eigenvalue weighted by atomic mass is 16.2. The molecule has 1 aromatic carbocycles. The lowest BCUT2D eigenvalue weighted by Gasteiger charge is -2.38. The largest absolute Gasteiger partial charge is 0.399 e. The highest BCUT2D eigenvalue weighted by Gasteiger charge is 2.28. The molecule has 1 saturated heterocycles. The Kier molecular flexibility index (Phi) is 3.36. The van der Waals surface area contributed by atoms with Crippen molar-refractivity contribution < 1.29 is 4.79 Å². The van der Waals surface area contributed by atoms with Gasteiger partial charge in [0.15, 0.2) is 0 Å². The Bertz CT molecular complexity index is 416. The Hall–Kier alpha value is -1.51. The second-order valence-corrected chi connectivity index (χ2v) is 4.98. The van der Waals surface area contributed by atoms with E-state index in [1.165, 1.54) is 6.42 Å². The van der Waals surface area contributed by atoms with Crippen LogP contribution in [0.4, 0.5) is 5.69 Å². The highest BCUT2D eigenvalue weighted by Crippen LogP contribution is 2.24.